The molecule has 0 bridgehead atoms. The van der Waals surface area contributed by atoms with Gasteiger partial charge < -0.3 is 19.5 Å². The molecular weight excluding hydrogens is 578 g/mol. The van der Waals surface area contributed by atoms with E-state index in [2.05, 4.69) is 10.1 Å². The van der Waals surface area contributed by atoms with Crippen LogP contribution in [-0.2, 0) is 35.3 Å². The third kappa shape index (κ3) is 8.55. The maximum atomic E-state index is 13.1. The van der Waals surface area contributed by atoms with Crippen LogP contribution in [0.1, 0.15) is 25.0 Å². The lowest BCUT2D eigenvalue weighted by atomic mass is 10.0. The van der Waals surface area contributed by atoms with Crippen molar-refractivity contribution in [2.45, 2.75) is 26.6 Å². The molecule has 0 unspecified atom stereocenters. The number of nitro groups is 2. The van der Waals surface area contributed by atoms with Gasteiger partial charge >= 0.3 is 11.9 Å². The van der Waals surface area contributed by atoms with Gasteiger partial charge in [-0.15, -0.1) is 0 Å². The zero-order valence-corrected chi connectivity index (χ0v) is 23.8. The number of non-ortho nitro benzene ring substituents is 2. The average Bonchev–Trinajstić information content (AvgIpc) is 2.99. The predicted molar refractivity (Wildman–Crippen MR) is 155 cm³/mol. The predicted octanol–water partition coefficient (Wildman–Crippen LogP) is 4.41. The third-order valence-corrected chi connectivity index (χ3v) is 6.15. The van der Waals surface area contributed by atoms with Crippen molar-refractivity contribution in [3.05, 3.63) is 110 Å². The fourth-order valence-electron chi connectivity index (χ4n) is 3.96. The van der Waals surface area contributed by atoms with Gasteiger partial charge in [0.2, 0.25) is 5.91 Å². The minimum atomic E-state index is -1.82. The minimum absolute atomic E-state index is 0.215. The smallest absolute Gasteiger partial charge is 0.342 e. The number of rotatable bonds is 13. The monoisotopic (exact) mass is 605 g/mol. The van der Waals surface area contributed by atoms with Crippen molar-refractivity contribution < 1.29 is 43.2 Å². The van der Waals surface area contributed by atoms with E-state index in [0.29, 0.717) is 17.4 Å². The van der Waals surface area contributed by atoms with E-state index in [4.69, 9.17) is 9.47 Å². The van der Waals surface area contributed by atoms with Gasteiger partial charge in [0, 0.05) is 17.7 Å². The van der Waals surface area contributed by atoms with E-state index in [0.717, 1.165) is 31.7 Å². The highest BCUT2D eigenvalue weighted by Crippen LogP contribution is 2.27. The fraction of sp³-hybridized carbons (Fsp3) is 0.200. The quantitative estimate of drug-likeness (QED) is 0.0724. The molecule has 0 spiro atoms. The van der Waals surface area contributed by atoms with Crippen LogP contribution in [0.4, 0.5) is 17.1 Å². The molecule has 0 aliphatic heterocycles. The summed E-state index contributed by atoms with van der Waals surface area (Å²) in [5.41, 5.74) is -0.877. The number of nitrogens with one attached hydrogen (secondary N) is 1. The Morgan fingerprint density at radius 1 is 0.909 bits per heavy atom. The van der Waals surface area contributed by atoms with Crippen LogP contribution in [0.5, 0.6) is 5.75 Å². The molecule has 0 aromatic heterocycles. The van der Waals surface area contributed by atoms with Gasteiger partial charge in [0.05, 0.1) is 28.7 Å². The molecule has 0 fully saturated rings. The van der Waals surface area contributed by atoms with Gasteiger partial charge in [-0.3, -0.25) is 34.6 Å². The zero-order valence-electron chi connectivity index (χ0n) is 23.8. The Kier molecular flexibility index (Phi) is 11.0. The maximum Gasteiger partial charge on any atom is 0.342 e. The summed E-state index contributed by atoms with van der Waals surface area (Å²) < 4.78 is 15.9. The van der Waals surface area contributed by atoms with Crippen LogP contribution in [-0.4, -0.2) is 46.7 Å². The maximum absolute atomic E-state index is 13.1. The van der Waals surface area contributed by atoms with E-state index in [9.17, 15) is 39.4 Å². The first-order valence-corrected chi connectivity index (χ1v) is 12.9. The Labute approximate surface area is 250 Å². The number of methoxy groups -OCH3 is 1. The highest BCUT2D eigenvalue weighted by atomic mass is 16.6. The molecule has 0 heterocycles. The molecule has 3 rings (SSSR count). The van der Waals surface area contributed by atoms with Gasteiger partial charge in [-0.25, -0.2) is 4.79 Å². The van der Waals surface area contributed by atoms with Crippen molar-refractivity contribution in [1.82, 2.24) is 0 Å². The van der Waals surface area contributed by atoms with Crippen molar-refractivity contribution in [3.63, 3.8) is 0 Å². The van der Waals surface area contributed by atoms with E-state index >= 15 is 0 Å². The molecule has 0 radical (unpaired) electrons. The highest BCUT2D eigenvalue weighted by molar-refractivity contribution is 6.20. The normalized spacial score (nSPS) is 12.3. The first-order chi connectivity index (χ1) is 20.9. The van der Waals surface area contributed by atoms with Crippen LogP contribution < -0.4 is 10.1 Å². The minimum Gasteiger partial charge on any atom is -0.488 e. The number of para-hydroxylation sites is 1. The topological polar surface area (TPSA) is 194 Å². The molecule has 3 aromatic carbocycles. The average molecular weight is 606 g/mol. The summed E-state index contributed by atoms with van der Waals surface area (Å²) in [7, 11) is 0.975. The van der Waals surface area contributed by atoms with Gasteiger partial charge in [-0.2, -0.15) is 0 Å². The van der Waals surface area contributed by atoms with Crippen LogP contribution in [0.3, 0.4) is 0 Å². The van der Waals surface area contributed by atoms with Crippen LogP contribution in [0.25, 0.3) is 6.08 Å². The third-order valence-electron chi connectivity index (χ3n) is 6.15. The van der Waals surface area contributed by atoms with Crippen LogP contribution in [0.2, 0.25) is 0 Å². The molecule has 0 aliphatic rings. The van der Waals surface area contributed by atoms with E-state index in [1.807, 2.05) is 30.3 Å². The van der Waals surface area contributed by atoms with Crippen molar-refractivity contribution >= 4 is 46.8 Å². The second-order valence-electron chi connectivity index (χ2n) is 9.28. The number of benzene rings is 3. The molecule has 1 N–H and O–H groups in total. The Morgan fingerprint density at radius 2 is 1.50 bits per heavy atom. The molecule has 0 aliphatic carbocycles. The van der Waals surface area contributed by atoms with Crippen LogP contribution in [0, 0.1) is 26.1 Å². The van der Waals surface area contributed by atoms with Crippen LogP contribution >= 0.6 is 0 Å². The Bertz CT molecular complexity index is 1590. The van der Waals surface area contributed by atoms with Gasteiger partial charge in [0.15, 0.2) is 11.7 Å². The van der Waals surface area contributed by atoms with Crippen molar-refractivity contribution in [1.29, 1.82) is 0 Å². The van der Waals surface area contributed by atoms with E-state index < -0.39 is 62.4 Å². The number of hydrogen-bond donors (Lipinski definition) is 1. The Hall–Kier alpha value is -5.92. The SMILES string of the molecule is COC(=O)[C@H](C(=O)Nc1cc([N+](=O)[O-])cc([N+](=O)[O-])c1)[C@@H](C)OC(=O)C(=Cc1ccccc1OCc1ccccc1)C(C)=O. The number of amides is 1. The molecular formula is C30H27N3O11. The van der Waals surface area contributed by atoms with E-state index in [1.165, 1.54) is 13.0 Å². The lowest BCUT2D eigenvalue weighted by Gasteiger charge is -2.22. The molecule has 228 valence electrons. The Balaban J connectivity index is 1.84. The first kappa shape index (κ1) is 32.6. The summed E-state index contributed by atoms with van der Waals surface area (Å²) in [6.45, 7) is 2.54. The number of carbonyl (C=O) groups excluding carboxylic acids is 4. The number of ketones is 1. The number of Topliss-reactive ketones (excluding diaryl/α,β-unsaturated/α-hetero) is 1. The summed E-state index contributed by atoms with van der Waals surface area (Å²) in [4.78, 5) is 71.9. The number of ether oxygens (including phenoxy) is 3. The lowest BCUT2D eigenvalue weighted by Crippen LogP contribution is -2.40. The second-order valence-corrected chi connectivity index (χ2v) is 9.28. The van der Waals surface area contributed by atoms with Gasteiger partial charge in [0.25, 0.3) is 11.4 Å². The van der Waals surface area contributed by atoms with Crippen molar-refractivity contribution in [2.75, 3.05) is 12.4 Å². The van der Waals surface area contributed by atoms with E-state index in [-0.39, 0.29) is 12.3 Å². The Morgan fingerprint density at radius 3 is 2.07 bits per heavy atom. The highest BCUT2D eigenvalue weighted by Gasteiger charge is 2.37. The summed E-state index contributed by atoms with van der Waals surface area (Å²) in [6, 6.07) is 18.3. The number of esters is 2. The van der Waals surface area contributed by atoms with Gasteiger partial charge in [0.1, 0.15) is 24.0 Å². The standard InChI is InChI=1S/C30H27N3O11/c1-18(34)25(13-21-11-7-8-12-26(21)43-17-20-9-5-4-6-10-20)29(36)44-19(2)27(30(37)42-3)28(35)31-22-14-23(32(38)39)16-24(15-22)33(40)41/h4-16,19,27H,17H2,1-3H3,(H,31,35)/t19-,27+/m1/s1. The summed E-state index contributed by atoms with van der Waals surface area (Å²) >= 11 is 0. The second kappa shape index (κ2) is 14.8. The molecule has 3 aromatic rings. The summed E-state index contributed by atoms with van der Waals surface area (Å²) in [5, 5.41) is 24.6. The van der Waals surface area contributed by atoms with E-state index in [1.54, 1.807) is 24.3 Å². The number of nitrogens with zero attached hydrogens (tertiary/aromatic N) is 2. The summed E-state index contributed by atoms with van der Waals surface area (Å²) in [6.07, 6.45) is -0.261. The molecule has 1 amide bonds. The molecule has 14 heteroatoms. The number of nitro benzene ring substituents is 2. The van der Waals surface area contributed by atoms with Gasteiger partial charge in [-0.05, 0) is 31.6 Å². The molecule has 44 heavy (non-hydrogen) atoms. The fourth-order valence-corrected chi connectivity index (χ4v) is 3.96. The van der Waals surface area contributed by atoms with Crippen molar-refractivity contribution in [2.24, 2.45) is 5.92 Å². The molecule has 0 saturated carbocycles. The van der Waals surface area contributed by atoms with Crippen LogP contribution in [0.15, 0.2) is 78.4 Å². The summed E-state index contributed by atoms with van der Waals surface area (Å²) in [5.74, 6) is -5.57. The number of carbonyl (C=O) groups is 4. The number of anilines is 1. The molecule has 14 nitrogen and oxygen atoms in total. The molecule has 0 saturated heterocycles. The lowest BCUT2D eigenvalue weighted by molar-refractivity contribution is -0.394. The molecule has 2 atom stereocenters. The zero-order chi connectivity index (χ0) is 32.4. The largest absolute Gasteiger partial charge is 0.488 e. The van der Waals surface area contributed by atoms with Gasteiger partial charge in [-0.1, -0.05) is 48.5 Å². The first-order valence-electron chi connectivity index (χ1n) is 12.9. The number of hydrogen-bond acceptors (Lipinski definition) is 11. The van der Waals surface area contributed by atoms with Crippen molar-refractivity contribution in [3.8, 4) is 5.75 Å².